The first-order valence-corrected chi connectivity index (χ1v) is 8.51. The van der Waals surface area contributed by atoms with Crippen LogP contribution in [0.3, 0.4) is 0 Å². The van der Waals surface area contributed by atoms with E-state index in [4.69, 9.17) is 33.2 Å². The largest absolute Gasteiger partial charge is 0.460 e. The monoisotopic (exact) mass is 382 g/mol. The van der Waals surface area contributed by atoms with E-state index in [1.54, 1.807) is 25.1 Å². The number of benzene rings is 1. The minimum Gasteiger partial charge on any atom is -0.460 e. The number of halogens is 2. The third-order valence-corrected chi connectivity index (χ3v) is 4.62. The molecule has 0 aliphatic heterocycles. The fraction of sp³-hybridized carbons (Fsp3) is 0.188. The normalized spacial score (nSPS) is 10.2. The SMILES string of the molecule is Cc1cc(=O)[nH]c(SCC(=O)OCc2ccc(Cl)cc2Cl)c1C#N. The number of nitriles is 1. The van der Waals surface area contributed by atoms with Gasteiger partial charge in [-0.2, -0.15) is 5.26 Å². The van der Waals surface area contributed by atoms with Gasteiger partial charge in [-0.15, -0.1) is 0 Å². The van der Waals surface area contributed by atoms with Crippen molar-refractivity contribution in [2.45, 2.75) is 18.6 Å². The number of nitrogens with zero attached hydrogens (tertiary/aromatic N) is 1. The maximum Gasteiger partial charge on any atom is 0.316 e. The summed E-state index contributed by atoms with van der Waals surface area (Å²) in [4.78, 5) is 25.9. The number of H-pyrrole nitrogens is 1. The number of aromatic nitrogens is 1. The van der Waals surface area contributed by atoms with E-state index in [1.165, 1.54) is 6.07 Å². The number of carbonyl (C=O) groups is 1. The predicted octanol–water partition coefficient (Wildman–Crippen LogP) is 3.70. The highest BCUT2D eigenvalue weighted by Crippen LogP contribution is 2.23. The van der Waals surface area contributed by atoms with Crippen LogP contribution in [0.25, 0.3) is 0 Å². The molecule has 24 heavy (non-hydrogen) atoms. The van der Waals surface area contributed by atoms with Crippen molar-refractivity contribution in [1.29, 1.82) is 5.26 Å². The van der Waals surface area contributed by atoms with Gasteiger partial charge in [0.15, 0.2) is 0 Å². The molecule has 0 spiro atoms. The number of aromatic amines is 1. The zero-order valence-electron chi connectivity index (χ0n) is 12.6. The van der Waals surface area contributed by atoms with Crippen LogP contribution in [-0.4, -0.2) is 16.7 Å². The summed E-state index contributed by atoms with van der Waals surface area (Å²) in [5, 5.41) is 10.4. The number of hydrogen-bond acceptors (Lipinski definition) is 5. The molecule has 0 bridgehead atoms. The van der Waals surface area contributed by atoms with Gasteiger partial charge in [-0.1, -0.05) is 41.0 Å². The quantitative estimate of drug-likeness (QED) is 0.629. The molecule has 0 aliphatic rings. The summed E-state index contributed by atoms with van der Waals surface area (Å²) in [7, 11) is 0. The summed E-state index contributed by atoms with van der Waals surface area (Å²) in [5.74, 6) is -0.531. The van der Waals surface area contributed by atoms with E-state index in [0.29, 0.717) is 31.8 Å². The summed E-state index contributed by atoms with van der Waals surface area (Å²) >= 11 is 12.8. The first-order valence-electron chi connectivity index (χ1n) is 6.77. The number of hydrogen-bond donors (Lipinski definition) is 1. The van der Waals surface area contributed by atoms with Crippen LogP contribution in [0, 0.1) is 18.3 Å². The Morgan fingerprint density at radius 2 is 2.12 bits per heavy atom. The highest BCUT2D eigenvalue weighted by Gasteiger charge is 2.12. The Morgan fingerprint density at radius 3 is 2.79 bits per heavy atom. The molecule has 0 radical (unpaired) electrons. The van der Waals surface area contributed by atoms with Crippen LogP contribution in [0.5, 0.6) is 0 Å². The summed E-state index contributed by atoms with van der Waals surface area (Å²) in [5.41, 5.74) is 1.22. The van der Waals surface area contributed by atoms with Crippen LogP contribution in [0.2, 0.25) is 10.0 Å². The average Bonchev–Trinajstić information content (AvgIpc) is 2.51. The second kappa shape index (κ2) is 8.25. The lowest BCUT2D eigenvalue weighted by Gasteiger charge is -2.08. The van der Waals surface area contributed by atoms with Crippen molar-refractivity contribution in [2.24, 2.45) is 0 Å². The summed E-state index contributed by atoms with van der Waals surface area (Å²) in [6.07, 6.45) is 0. The molecule has 0 fully saturated rings. The maximum atomic E-state index is 11.9. The topological polar surface area (TPSA) is 82.9 Å². The van der Waals surface area contributed by atoms with E-state index in [-0.39, 0.29) is 17.9 Å². The molecule has 0 unspecified atom stereocenters. The van der Waals surface area contributed by atoms with E-state index in [0.717, 1.165) is 11.8 Å². The Balaban J connectivity index is 1.97. The Kier molecular flexibility index (Phi) is 6.32. The van der Waals surface area contributed by atoms with E-state index in [1.807, 2.05) is 6.07 Å². The van der Waals surface area contributed by atoms with Crippen LogP contribution in [0.1, 0.15) is 16.7 Å². The molecule has 2 rings (SSSR count). The maximum absolute atomic E-state index is 11.9. The molecule has 0 saturated heterocycles. The summed E-state index contributed by atoms with van der Waals surface area (Å²) in [6, 6.07) is 8.25. The van der Waals surface area contributed by atoms with Gasteiger partial charge >= 0.3 is 5.97 Å². The Morgan fingerprint density at radius 1 is 1.38 bits per heavy atom. The van der Waals surface area contributed by atoms with Crippen molar-refractivity contribution in [3.05, 3.63) is 61.4 Å². The number of esters is 1. The minimum atomic E-state index is -0.489. The zero-order chi connectivity index (χ0) is 17.7. The predicted molar refractivity (Wildman–Crippen MR) is 93.5 cm³/mol. The van der Waals surface area contributed by atoms with Crippen molar-refractivity contribution < 1.29 is 9.53 Å². The highest BCUT2D eigenvalue weighted by molar-refractivity contribution is 7.99. The van der Waals surface area contributed by atoms with E-state index in [9.17, 15) is 9.59 Å². The third kappa shape index (κ3) is 4.78. The molecule has 0 saturated carbocycles. The van der Waals surface area contributed by atoms with Crippen LogP contribution < -0.4 is 5.56 Å². The lowest BCUT2D eigenvalue weighted by molar-refractivity contribution is -0.141. The van der Waals surface area contributed by atoms with Crippen LogP contribution >= 0.6 is 35.0 Å². The second-order valence-electron chi connectivity index (χ2n) is 4.82. The summed E-state index contributed by atoms with van der Waals surface area (Å²) in [6.45, 7) is 1.68. The molecular weight excluding hydrogens is 371 g/mol. The fourth-order valence-corrected chi connectivity index (χ4v) is 3.21. The standard InChI is InChI=1S/C16H12Cl2N2O3S/c1-9-4-14(21)20-16(12(9)6-19)24-8-15(22)23-7-10-2-3-11(17)5-13(10)18/h2-5H,7-8H2,1H3,(H,20,21). The molecule has 8 heteroatoms. The number of nitrogens with one attached hydrogen (secondary N) is 1. The van der Waals surface area contributed by atoms with Crippen molar-refractivity contribution in [3.8, 4) is 6.07 Å². The van der Waals surface area contributed by atoms with E-state index < -0.39 is 5.97 Å². The Bertz CT molecular complexity index is 875. The molecule has 1 heterocycles. The van der Waals surface area contributed by atoms with Crippen molar-refractivity contribution >= 4 is 40.9 Å². The molecular formula is C16H12Cl2N2O3S. The van der Waals surface area contributed by atoms with Gasteiger partial charge in [-0.05, 0) is 24.6 Å². The lowest BCUT2D eigenvalue weighted by Crippen LogP contribution is -2.11. The molecule has 0 aliphatic carbocycles. The van der Waals surface area contributed by atoms with Gasteiger partial charge in [0.2, 0.25) is 5.56 Å². The van der Waals surface area contributed by atoms with Crippen molar-refractivity contribution in [2.75, 3.05) is 5.75 Å². The smallest absolute Gasteiger partial charge is 0.316 e. The van der Waals surface area contributed by atoms with Crippen LogP contribution in [0.15, 0.2) is 34.1 Å². The number of carbonyl (C=O) groups excluding carboxylic acids is 1. The molecule has 124 valence electrons. The van der Waals surface area contributed by atoms with E-state index in [2.05, 4.69) is 4.98 Å². The molecule has 5 nitrogen and oxygen atoms in total. The highest BCUT2D eigenvalue weighted by atomic mass is 35.5. The Hall–Kier alpha value is -1.94. The van der Waals surface area contributed by atoms with Crippen LogP contribution in [-0.2, 0) is 16.1 Å². The minimum absolute atomic E-state index is 0.0187. The van der Waals surface area contributed by atoms with Crippen LogP contribution in [0.4, 0.5) is 0 Å². The van der Waals surface area contributed by atoms with Gasteiger partial charge in [0, 0.05) is 21.7 Å². The second-order valence-corrected chi connectivity index (χ2v) is 6.65. The number of ether oxygens (including phenoxy) is 1. The number of pyridine rings is 1. The third-order valence-electron chi connectivity index (χ3n) is 3.06. The summed E-state index contributed by atoms with van der Waals surface area (Å²) < 4.78 is 5.14. The number of rotatable bonds is 5. The van der Waals surface area contributed by atoms with Gasteiger partial charge in [0.25, 0.3) is 0 Å². The van der Waals surface area contributed by atoms with Gasteiger partial charge < -0.3 is 9.72 Å². The molecule has 0 amide bonds. The molecule has 1 aromatic carbocycles. The van der Waals surface area contributed by atoms with Crippen molar-refractivity contribution in [3.63, 3.8) is 0 Å². The molecule has 1 aromatic heterocycles. The fourth-order valence-electron chi connectivity index (χ4n) is 1.88. The van der Waals surface area contributed by atoms with Gasteiger partial charge in [-0.3, -0.25) is 9.59 Å². The van der Waals surface area contributed by atoms with Crippen molar-refractivity contribution in [1.82, 2.24) is 4.98 Å². The zero-order valence-corrected chi connectivity index (χ0v) is 14.9. The molecule has 1 N–H and O–H groups in total. The first kappa shape index (κ1) is 18.4. The van der Waals surface area contributed by atoms with Gasteiger partial charge in [-0.25, -0.2) is 0 Å². The molecule has 2 aromatic rings. The Labute approximate surface area is 152 Å². The first-order chi connectivity index (χ1) is 11.4. The van der Waals surface area contributed by atoms with Gasteiger partial charge in [0.1, 0.15) is 12.7 Å². The number of aryl methyl sites for hydroxylation is 1. The van der Waals surface area contributed by atoms with Gasteiger partial charge in [0.05, 0.1) is 16.3 Å². The molecule has 0 atom stereocenters. The van der Waals surface area contributed by atoms with E-state index >= 15 is 0 Å². The number of thioether (sulfide) groups is 1. The average molecular weight is 383 g/mol. The lowest BCUT2D eigenvalue weighted by atomic mass is 10.2.